The molecule has 0 spiro atoms. The van der Waals surface area contributed by atoms with E-state index in [2.05, 4.69) is 0 Å². The minimum Gasteiger partial charge on any atom is -0.368 e. The molecule has 0 aliphatic carbocycles. The summed E-state index contributed by atoms with van der Waals surface area (Å²) in [6.07, 6.45) is 1.57. The summed E-state index contributed by atoms with van der Waals surface area (Å²) in [7, 11) is 0. The van der Waals surface area contributed by atoms with E-state index in [0.29, 0.717) is 5.02 Å². The van der Waals surface area contributed by atoms with Gasteiger partial charge in [-0.3, -0.25) is 19.3 Å². The number of halogens is 1. The molecule has 1 aromatic carbocycles. The third-order valence-electron chi connectivity index (χ3n) is 2.36. The van der Waals surface area contributed by atoms with Crippen molar-refractivity contribution in [2.75, 3.05) is 6.54 Å². The van der Waals surface area contributed by atoms with E-state index in [-0.39, 0.29) is 4.91 Å². The van der Waals surface area contributed by atoms with E-state index in [9.17, 15) is 14.4 Å². The molecule has 0 unspecified atom stereocenters. The van der Waals surface area contributed by atoms with Crippen LogP contribution in [-0.4, -0.2) is 28.5 Å². The van der Waals surface area contributed by atoms with Crippen molar-refractivity contribution in [1.82, 2.24) is 4.90 Å². The molecule has 7 heteroatoms. The van der Waals surface area contributed by atoms with E-state index in [0.717, 1.165) is 22.2 Å². The monoisotopic (exact) mass is 296 g/mol. The summed E-state index contributed by atoms with van der Waals surface area (Å²) in [6.45, 7) is -0.400. The molecule has 1 heterocycles. The maximum absolute atomic E-state index is 11.9. The summed E-state index contributed by atoms with van der Waals surface area (Å²) in [5.74, 6) is -1.24. The first kappa shape index (κ1) is 13.6. The highest BCUT2D eigenvalue weighted by atomic mass is 35.5. The van der Waals surface area contributed by atoms with Crippen LogP contribution in [-0.2, 0) is 9.59 Å². The Morgan fingerprint density at radius 3 is 2.53 bits per heavy atom. The molecule has 0 atom stereocenters. The summed E-state index contributed by atoms with van der Waals surface area (Å²) >= 11 is 6.53. The molecular formula is C12H9ClN2O3S. The standard InChI is InChI=1S/C12H9ClN2O3S/c13-8-3-1-7(2-4-8)5-9-11(17)15(6-10(14)16)12(18)19-9/h1-5H,6H2,(H2,14,16). The summed E-state index contributed by atoms with van der Waals surface area (Å²) < 4.78 is 0. The third-order valence-corrected chi connectivity index (χ3v) is 3.51. The highest BCUT2D eigenvalue weighted by Gasteiger charge is 2.35. The van der Waals surface area contributed by atoms with Crippen LogP contribution >= 0.6 is 23.4 Å². The second-order valence-electron chi connectivity index (χ2n) is 3.79. The number of rotatable bonds is 3. The highest BCUT2D eigenvalue weighted by molar-refractivity contribution is 8.18. The topological polar surface area (TPSA) is 80.5 Å². The van der Waals surface area contributed by atoms with E-state index >= 15 is 0 Å². The number of carbonyl (C=O) groups is 3. The Kier molecular flexibility index (Phi) is 3.92. The number of nitrogens with two attached hydrogens (primary N) is 1. The van der Waals surface area contributed by atoms with Gasteiger partial charge in [-0.2, -0.15) is 0 Å². The largest absolute Gasteiger partial charge is 0.368 e. The van der Waals surface area contributed by atoms with Crippen LogP contribution in [0.25, 0.3) is 6.08 Å². The fourth-order valence-corrected chi connectivity index (χ4v) is 2.47. The molecule has 2 N–H and O–H groups in total. The third kappa shape index (κ3) is 3.15. The van der Waals surface area contributed by atoms with Crippen LogP contribution < -0.4 is 5.73 Å². The molecule has 0 saturated carbocycles. The predicted molar refractivity (Wildman–Crippen MR) is 73.3 cm³/mol. The zero-order valence-corrected chi connectivity index (χ0v) is 11.2. The van der Waals surface area contributed by atoms with E-state index < -0.39 is 23.6 Å². The van der Waals surface area contributed by atoms with Crippen LogP contribution in [0.5, 0.6) is 0 Å². The van der Waals surface area contributed by atoms with Gasteiger partial charge in [-0.15, -0.1) is 0 Å². The van der Waals surface area contributed by atoms with Gasteiger partial charge >= 0.3 is 0 Å². The van der Waals surface area contributed by atoms with Crippen LogP contribution in [0, 0.1) is 0 Å². The van der Waals surface area contributed by atoms with Gasteiger partial charge in [0.2, 0.25) is 5.91 Å². The molecule has 1 aliphatic heterocycles. The summed E-state index contributed by atoms with van der Waals surface area (Å²) in [6, 6.07) is 6.82. The van der Waals surface area contributed by atoms with E-state index in [1.54, 1.807) is 30.3 Å². The number of benzene rings is 1. The Morgan fingerprint density at radius 1 is 1.32 bits per heavy atom. The van der Waals surface area contributed by atoms with Gasteiger partial charge in [0.15, 0.2) is 0 Å². The normalized spacial score (nSPS) is 17.3. The first-order valence-electron chi connectivity index (χ1n) is 5.26. The number of amides is 3. The van der Waals surface area contributed by atoms with Gasteiger partial charge < -0.3 is 5.73 Å². The first-order valence-corrected chi connectivity index (χ1v) is 6.46. The molecule has 1 aromatic rings. The van der Waals surface area contributed by atoms with Gasteiger partial charge in [-0.1, -0.05) is 23.7 Å². The lowest BCUT2D eigenvalue weighted by Crippen LogP contribution is -2.36. The lowest BCUT2D eigenvalue weighted by Gasteiger charge is -2.08. The molecule has 1 aliphatic rings. The summed E-state index contributed by atoms with van der Waals surface area (Å²) in [5.41, 5.74) is 5.73. The van der Waals surface area contributed by atoms with Crippen molar-refractivity contribution >= 4 is 46.5 Å². The van der Waals surface area contributed by atoms with Crippen molar-refractivity contribution in [2.45, 2.75) is 0 Å². The average molecular weight is 297 g/mol. The molecule has 0 radical (unpaired) electrons. The zero-order chi connectivity index (χ0) is 14.0. The van der Waals surface area contributed by atoms with Crippen molar-refractivity contribution in [1.29, 1.82) is 0 Å². The second kappa shape index (κ2) is 5.46. The quantitative estimate of drug-likeness (QED) is 0.863. The first-order chi connectivity index (χ1) is 8.97. The number of primary amides is 1. The summed E-state index contributed by atoms with van der Waals surface area (Å²) in [4.78, 5) is 35.3. The number of nitrogens with zero attached hydrogens (tertiary/aromatic N) is 1. The van der Waals surface area contributed by atoms with Crippen LogP contribution in [0.15, 0.2) is 29.2 Å². The lowest BCUT2D eigenvalue weighted by atomic mass is 10.2. The number of carbonyl (C=O) groups excluding carboxylic acids is 3. The van der Waals surface area contributed by atoms with E-state index in [4.69, 9.17) is 17.3 Å². The smallest absolute Gasteiger partial charge is 0.294 e. The fraction of sp³-hybridized carbons (Fsp3) is 0.0833. The van der Waals surface area contributed by atoms with Gasteiger partial charge in [0.1, 0.15) is 6.54 Å². The average Bonchev–Trinajstić information content (AvgIpc) is 2.60. The lowest BCUT2D eigenvalue weighted by molar-refractivity contribution is -0.127. The van der Waals surface area contributed by atoms with Gasteiger partial charge in [0.05, 0.1) is 4.91 Å². The Bertz CT molecular complexity index is 583. The number of hydrogen-bond acceptors (Lipinski definition) is 4. The van der Waals surface area contributed by atoms with Gasteiger partial charge in [0, 0.05) is 5.02 Å². The van der Waals surface area contributed by atoms with Crippen LogP contribution in [0.1, 0.15) is 5.56 Å². The maximum atomic E-state index is 11.9. The minimum atomic E-state index is -0.727. The molecule has 1 saturated heterocycles. The van der Waals surface area contributed by atoms with Gasteiger partial charge in [-0.25, -0.2) is 0 Å². The molecular weight excluding hydrogens is 288 g/mol. The molecule has 1 fully saturated rings. The molecule has 98 valence electrons. The Hall–Kier alpha value is -1.79. The number of thioether (sulfide) groups is 1. The Morgan fingerprint density at radius 2 is 1.95 bits per heavy atom. The number of hydrogen-bond donors (Lipinski definition) is 1. The highest BCUT2D eigenvalue weighted by Crippen LogP contribution is 2.31. The minimum absolute atomic E-state index is 0.258. The maximum Gasteiger partial charge on any atom is 0.294 e. The molecule has 5 nitrogen and oxygen atoms in total. The van der Waals surface area contributed by atoms with Crippen molar-refractivity contribution in [3.8, 4) is 0 Å². The fourth-order valence-electron chi connectivity index (χ4n) is 1.50. The molecule has 0 bridgehead atoms. The Balaban J connectivity index is 2.23. The molecule has 19 heavy (non-hydrogen) atoms. The van der Waals surface area contributed by atoms with Crippen molar-refractivity contribution < 1.29 is 14.4 Å². The second-order valence-corrected chi connectivity index (χ2v) is 5.22. The van der Waals surface area contributed by atoms with Gasteiger partial charge in [0.25, 0.3) is 11.1 Å². The SMILES string of the molecule is NC(=O)CN1C(=O)SC(=Cc2ccc(Cl)cc2)C1=O. The van der Waals surface area contributed by atoms with Crippen molar-refractivity contribution in [2.24, 2.45) is 5.73 Å². The molecule has 3 amide bonds. The van der Waals surface area contributed by atoms with Crippen LogP contribution in [0.2, 0.25) is 5.02 Å². The van der Waals surface area contributed by atoms with Crippen LogP contribution in [0.4, 0.5) is 4.79 Å². The van der Waals surface area contributed by atoms with Crippen molar-refractivity contribution in [3.63, 3.8) is 0 Å². The van der Waals surface area contributed by atoms with Crippen molar-refractivity contribution in [3.05, 3.63) is 39.8 Å². The Labute approximate surface area is 118 Å². The molecule has 2 rings (SSSR count). The zero-order valence-electron chi connectivity index (χ0n) is 9.63. The van der Waals surface area contributed by atoms with Gasteiger partial charge in [-0.05, 0) is 35.5 Å². The summed E-state index contributed by atoms with van der Waals surface area (Å²) in [5, 5.41) is 0.0861. The molecule has 0 aromatic heterocycles. The van der Waals surface area contributed by atoms with E-state index in [1.807, 2.05) is 0 Å². The predicted octanol–water partition coefficient (Wildman–Crippen LogP) is 1.86. The van der Waals surface area contributed by atoms with Crippen LogP contribution in [0.3, 0.4) is 0 Å². The number of imide groups is 1. The van der Waals surface area contributed by atoms with E-state index in [1.165, 1.54) is 0 Å².